The Bertz CT molecular complexity index is 630. The van der Waals surface area contributed by atoms with Crippen LogP contribution in [-0.2, 0) is 0 Å². The van der Waals surface area contributed by atoms with E-state index in [4.69, 9.17) is 0 Å². The van der Waals surface area contributed by atoms with Crippen LogP contribution in [0.4, 0.5) is 0 Å². The Morgan fingerprint density at radius 2 is 1.90 bits per heavy atom. The Kier molecular flexibility index (Phi) is 5.05. The van der Waals surface area contributed by atoms with Crippen molar-refractivity contribution in [2.45, 2.75) is 39.7 Å². The average molecular weight is 340 g/mol. The average Bonchev–Trinajstić information content (AvgIpc) is 2.72. The molecular weight excluding hydrogens is 318 g/mol. The first-order chi connectivity index (χ1) is 9.51. The third-order valence-electron chi connectivity index (χ3n) is 3.36. The van der Waals surface area contributed by atoms with Gasteiger partial charge in [0.05, 0.1) is 11.0 Å². The first kappa shape index (κ1) is 15.3. The summed E-state index contributed by atoms with van der Waals surface area (Å²) >= 11 is 3.63. The Hall–Kier alpha value is -1.07. The Morgan fingerprint density at radius 1 is 1.25 bits per heavy atom. The van der Waals surface area contributed by atoms with Crippen molar-refractivity contribution >= 4 is 27.0 Å². The second kappa shape index (κ2) is 6.59. The molecule has 0 aliphatic heterocycles. The standard InChI is InChI=1S/C15H22BrN3O/c1-4-5-17-12(6-9(2)3)10-7-13-14(8-11(10)16)19-15(20)18-13/h7-9,12,17H,4-6H2,1-3H3,(H2,18,19,20). The summed E-state index contributed by atoms with van der Waals surface area (Å²) in [7, 11) is 0. The van der Waals surface area contributed by atoms with Crippen molar-refractivity contribution in [3.8, 4) is 0 Å². The molecule has 110 valence electrons. The lowest BCUT2D eigenvalue weighted by Crippen LogP contribution is -2.24. The van der Waals surface area contributed by atoms with Gasteiger partial charge in [0.25, 0.3) is 0 Å². The molecule has 0 aliphatic carbocycles. The van der Waals surface area contributed by atoms with Crippen LogP contribution in [0.15, 0.2) is 21.4 Å². The number of imidazole rings is 1. The zero-order valence-corrected chi connectivity index (χ0v) is 13.8. The second-order valence-electron chi connectivity index (χ2n) is 5.63. The molecule has 2 aromatic rings. The SMILES string of the molecule is CCCNC(CC(C)C)c1cc2[nH]c(=O)[nH]c2cc1Br. The highest BCUT2D eigenvalue weighted by molar-refractivity contribution is 9.10. The molecule has 2 rings (SSSR count). The van der Waals surface area contributed by atoms with Crippen molar-refractivity contribution in [3.05, 3.63) is 32.7 Å². The number of hydrogen-bond acceptors (Lipinski definition) is 2. The summed E-state index contributed by atoms with van der Waals surface area (Å²) in [6.45, 7) is 7.61. The molecule has 0 spiro atoms. The zero-order valence-electron chi connectivity index (χ0n) is 12.2. The number of benzene rings is 1. The van der Waals surface area contributed by atoms with Gasteiger partial charge >= 0.3 is 5.69 Å². The number of H-pyrrole nitrogens is 2. The highest BCUT2D eigenvalue weighted by Crippen LogP contribution is 2.30. The molecule has 0 radical (unpaired) electrons. The number of hydrogen-bond donors (Lipinski definition) is 3. The van der Waals surface area contributed by atoms with Gasteiger partial charge in [0.1, 0.15) is 0 Å². The van der Waals surface area contributed by atoms with E-state index in [2.05, 4.69) is 58.1 Å². The number of fused-ring (bicyclic) bond motifs is 1. The van der Waals surface area contributed by atoms with Crippen molar-refractivity contribution in [3.63, 3.8) is 0 Å². The molecule has 1 aromatic carbocycles. The third-order valence-corrected chi connectivity index (χ3v) is 4.04. The van der Waals surface area contributed by atoms with E-state index in [1.54, 1.807) is 0 Å². The number of nitrogens with one attached hydrogen (secondary N) is 3. The molecular formula is C15H22BrN3O. The normalized spacial score (nSPS) is 13.2. The summed E-state index contributed by atoms with van der Waals surface area (Å²) in [6.07, 6.45) is 2.17. The maximum atomic E-state index is 11.4. The Balaban J connectivity index is 2.39. The molecule has 1 heterocycles. The van der Waals surface area contributed by atoms with E-state index in [0.29, 0.717) is 12.0 Å². The number of aromatic nitrogens is 2. The van der Waals surface area contributed by atoms with Crippen LogP contribution in [-0.4, -0.2) is 16.5 Å². The predicted molar refractivity (Wildman–Crippen MR) is 87.1 cm³/mol. The van der Waals surface area contributed by atoms with Gasteiger partial charge < -0.3 is 15.3 Å². The van der Waals surface area contributed by atoms with Gasteiger partial charge in [0.15, 0.2) is 0 Å². The molecule has 0 fully saturated rings. The van der Waals surface area contributed by atoms with Crippen LogP contribution >= 0.6 is 15.9 Å². The van der Waals surface area contributed by atoms with E-state index in [1.165, 1.54) is 5.56 Å². The minimum Gasteiger partial charge on any atom is -0.310 e. The lowest BCUT2D eigenvalue weighted by molar-refractivity contribution is 0.429. The van der Waals surface area contributed by atoms with E-state index < -0.39 is 0 Å². The minimum absolute atomic E-state index is 0.161. The van der Waals surface area contributed by atoms with E-state index in [-0.39, 0.29) is 5.69 Å². The maximum absolute atomic E-state index is 11.4. The van der Waals surface area contributed by atoms with Crippen LogP contribution in [0.3, 0.4) is 0 Å². The van der Waals surface area contributed by atoms with Crippen LogP contribution in [0.5, 0.6) is 0 Å². The summed E-state index contributed by atoms with van der Waals surface area (Å²) < 4.78 is 1.04. The second-order valence-corrected chi connectivity index (χ2v) is 6.49. The van der Waals surface area contributed by atoms with Gasteiger partial charge in [0.2, 0.25) is 0 Å². The van der Waals surface area contributed by atoms with Crippen LogP contribution in [0.1, 0.15) is 45.2 Å². The van der Waals surface area contributed by atoms with Crippen molar-refractivity contribution in [1.82, 2.24) is 15.3 Å². The number of rotatable bonds is 6. The number of halogens is 1. The smallest absolute Gasteiger partial charge is 0.310 e. The Labute approximate surface area is 127 Å². The summed E-state index contributed by atoms with van der Waals surface area (Å²) in [5.41, 5.74) is 2.74. The van der Waals surface area contributed by atoms with Crippen molar-refractivity contribution in [2.75, 3.05) is 6.54 Å². The third kappa shape index (κ3) is 3.52. The molecule has 0 aliphatic rings. The van der Waals surface area contributed by atoms with Crippen molar-refractivity contribution in [2.24, 2.45) is 5.92 Å². The van der Waals surface area contributed by atoms with E-state index in [1.807, 2.05) is 6.07 Å². The summed E-state index contributed by atoms with van der Waals surface area (Å²) in [5, 5.41) is 3.60. The summed E-state index contributed by atoms with van der Waals surface area (Å²) in [5.74, 6) is 0.609. The molecule has 0 bridgehead atoms. The molecule has 5 heteroatoms. The van der Waals surface area contributed by atoms with Gasteiger partial charge in [-0.25, -0.2) is 4.79 Å². The predicted octanol–water partition coefficient (Wildman–Crippen LogP) is 3.71. The maximum Gasteiger partial charge on any atom is 0.323 e. The van der Waals surface area contributed by atoms with Crippen LogP contribution < -0.4 is 11.0 Å². The summed E-state index contributed by atoms with van der Waals surface area (Å²) in [4.78, 5) is 17.0. The summed E-state index contributed by atoms with van der Waals surface area (Å²) in [6, 6.07) is 4.34. The topological polar surface area (TPSA) is 60.7 Å². The lowest BCUT2D eigenvalue weighted by atomic mass is 9.96. The fourth-order valence-corrected chi connectivity index (χ4v) is 3.07. The molecule has 4 nitrogen and oxygen atoms in total. The van der Waals surface area contributed by atoms with Gasteiger partial charge in [-0.05, 0) is 43.0 Å². The van der Waals surface area contributed by atoms with Gasteiger partial charge in [-0.15, -0.1) is 0 Å². The van der Waals surface area contributed by atoms with E-state index in [0.717, 1.165) is 34.9 Å². The first-order valence-corrected chi connectivity index (χ1v) is 7.95. The Morgan fingerprint density at radius 3 is 2.50 bits per heavy atom. The van der Waals surface area contributed by atoms with Crippen LogP contribution in [0.2, 0.25) is 0 Å². The largest absolute Gasteiger partial charge is 0.323 e. The highest BCUT2D eigenvalue weighted by Gasteiger charge is 2.17. The van der Waals surface area contributed by atoms with Crippen molar-refractivity contribution in [1.29, 1.82) is 0 Å². The molecule has 20 heavy (non-hydrogen) atoms. The fraction of sp³-hybridized carbons (Fsp3) is 0.533. The lowest BCUT2D eigenvalue weighted by Gasteiger charge is -2.22. The van der Waals surface area contributed by atoms with E-state index in [9.17, 15) is 4.79 Å². The molecule has 1 aromatic heterocycles. The molecule has 3 N–H and O–H groups in total. The zero-order chi connectivity index (χ0) is 14.7. The van der Waals surface area contributed by atoms with Gasteiger partial charge in [-0.2, -0.15) is 0 Å². The molecule has 0 amide bonds. The minimum atomic E-state index is -0.161. The fourth-order valence-electron chi connectivity index (χ4n) is 2.45. The van der Waals surface area contributed by atoms with Crippen LogP contribution in [0.25, 0.3) is 11.0 Å². The van der Waals surface area contributed by atoms with Crippen LogP contribution in [0, 0.1) is 5.92 Å². The molecule has 0 saturated heterocycles. The molecule has 1 atom stereocenters. The van der Waals surface area contributed by atoms with Crippen molar-refractivity contribution < 1.29 is 0 Å². The van der Waals surface area contributed by atoms with Gasteiger partial charge in [-0.1, -0.05) is 36.7 Å². The monoisotopic (exact) mass is 339 g/mol. The van der Waals surface area contributed by atoms with Gasteiger partial charge in [0, 0.05) is 10.5 Å². The quantitative estimate of drug-likeness (QED) is 0.751. The molecule has 0 saturated carbocycles. The number of aromatic amines is 2. The molecule has 1 unspecified atom stereocenters. The van der Waals surface area contributed by atoms with Gasteiger partial charge in [-0.3, -0.25) is 0 Å². The van der Waals surface area contributed by atoms with E-state index >= 15 is 0 Å². The highest BCUT2D eigenvalue weighted by atomic mass is 79.9. The first-order valence-electron chi connectivity index (χ1n) is 7.16.